The molecule has 1 aromatic carbocycles. The van der Waals surface area contributed by atoms with Crippen molar-refractivity contribution in [3.63, 3.8) is 0 Å². The second kappa shape index (κ2) is 6.84. The molecule has 3 rings (SSSR count). The highest BCUT2D eigenvalue weighted by Crippen LogP contribution is 2.34. The lowest BCUT2D eigenvalue weighted by molar-refractivity contribution is -0.121. The Hall–Kier alpha value is -1.66. The summed E-state index contributed by atoms with van der Waals surface area (Å²) in [5, 5.41) is 2.79. The van der Waals surface area contributed by atoms with Gasteiger partial charge in [-0.3, -0.25) is 9.59 Å². The van der Waals surface area contributed by atoms with E-state index < -0.39 is 0 Å². The maximum absolute atomic E-state index is 12.2. The number of rotatable bonds is 4. The van der Waals surface area contributed by atoms with Crippen LogP contribution in [0.5, 0.6) is 0 Å². The average molecular weight is 352 g/mol. The fraction of sp³-hybridized carbons (Fsp3) is 0.375. The van der Waals surface area contributed by atoms with Crippen LogP contribution in [-0.4, -0.2) is 30.2 Å². The zero-order chi connectivity index (χ0) is 16.4. The van der Waals surface area contributed by atoms with Crippen LogP contribution in [0.2, 0.25) is 0 Å². The molecule has 2 unspecified atom stereocenters. The standard InChI is InChI=1S/C16H18ClN3O2S/c17-14-6-5-13(23-14)16(22)19-8-10-7-15(21)20(9-10)12-3-1-11(18)2-4-12/h1-4,6,10,13H,5,7-9,18H2,(H,19,22). The summed E-state index contributed by atoms with van der Waals surface area (Å²) < 4.78 is 0.677. The first-order chi connectivity index (χ1) is 11.0. The molecule has 7 heteroatoms. The summed E-state index contributed by atoms with van der Waals surface area (Å²) >= 11 is 7.26. The highest BCUT2D eigenvalue weighted by Gasteiger charge is 2.31. The Balaban J connectivity index is 1.52. The van der Waals surface area contributed by atoms with E-state index in [1.54, 1.807) is 17.0 Å². The quantitative estimate of drug-likeness (QED) is 0.816. The number of nitrogens with one attached hydrogen (secondary N) is 1. The third-order valence-corrected chi connectivity index (χ3v) is 5.52. The summed E-state index contributed by atoms with van der Waals surface area (Å²) in [6, 6.07) is 7.26. The van der Waals surface area contributed by atoms with Gasteiger partial charge in [0.05, 0.1) is 9.61 Å². The summed E-state index contributed by atoms with van der Waals surface area (Å²) in [6.07, 6.45) is 2.97. The number of benzene rings is 1. The number of amides is 2. The molecular formula is C16H18ClN3O2S. The monoisotopic (exact) mass is 351 g/mol. The number of carbonyl (C=O) groups excluding carboxylic acids is 2. The Labute approximate surface area is 144 Å². The van der Waals surface area contributed by atoms with Gasteiger partial charge in [0.1, 0.15) is 0 Å². The molecule has 2 aliphatic heterocycles. The van der Waals surface area contributed by atoms with E-state index >= 15 is 0 Å². The lowest BCUT2D eigenvalue weighted by Crippen LogP contribution is -2.36. The van der Waals surface area contributed by atoms with E-state index in [4.69, 9.17) is 17.3 Å². The summed E-state index contributed by atoms with van der Waals surface area (Å²) in [7, 11) is 0. The maximum atomic E-state index is 12.2. The van der Waals surface area contributed by atoms with Crippen molar-refractivity contribution in [2.24, 2.45) is 5.92 Å². The van der Waals surface area contributed by atoms with Crippen LogP contribution < -0.4 is 16.0 Å². The average Bonchev–Trinajstić information content (AvgIpc) is 3.12. The van der Waals surface area contributed by atoms with E-state index in [1.807, 2.05) is 18.2 Å². The van der Waals surface area contributed by atoms with E-state index in [9.17, 15) is 9.59 Å². The summed E-state index contributed by atoms with van der Waals surface area (Å²) in [4.78, 5) is 26.0. The Bertz CT molecular complexity index is 647. The van der Waals surface area contributed by atoms with Crippen LogP contribution in [0.4, 0.5) is 11.4 Å². The van der Waals surface area contributed by atoms with Crippen molar-refractivity contribution in [2.75, 3.05) is 23.7 Å². The third kappa shape index (κ3) is 3.82. The van der Waals surface area contributed by atoms with E-state index in [0.717, 1.165) is 5.69 Å². The minimum absolute atomic E-state index is 0.0136. The Morgan fingerprint density at radius 3 is 2.78 bits per heavy atom. The first kappa shape index (κ1) is 16.2. The molecule has 0 bridgehead atoms. The second-order valence-electron chi connectivity index (χ2n) is 5.76. The maximum Gasteiger partial charge on any atom is 0.233 e. The van der Waals surface area contributed by atoms with E-state index in [1.165, 1.54) is 11.8 Å². The molecule has 1 saturated heterocycles. The molecule has 0 aliphatic carbocycles. The highest BCUT2D eigenvalue weighted by atomic mass is 35.5. The normalized spacial score (nSPS) is 24.0. The molecule has 2 aliphatic rings. The molecule has 0 radical (unpaired) electrons. The first-order valence-corrected chi connectivity index (χ1v) is 8.74. The zero-order valence-corrected chi connectivity index (χ0v) is 14.1. The Morgan fingerprint density at radius 2 is 2.13 bits per heavy atom. The smallest absolute Gasteiger partial charge is 0.233 e. The predicted molar refractivity (Wildman–Crippen MR) is 94.3 cm³/mol. The number of allylic oxidation sites excluding steroid dienone is 1. The molecular weight excluding hydrogens is 334 g/mol. The fourth-order valence-corrected chi connectivity index (χ4v) is 4.03. The van der Waals surface area contributed by atoms with E-state index in [2.05, 4.69) is 5.32 Å². The van der Waals surface area contributed by atoms with Gasteiger partial charge in [-0.2, -0.15) is 0 Å². The molecule has 23 heavy (non-hydrogen) atoms. The molecule has 122 valence electrons. The van der Waals surface area contributed by atoms with Crippen molar-refractivity contribution in [2.45, 2.75) is 18.1 Å². The molecule has 1 aromatic rings. The zero-order valence-electron chi connectivity index (χ0n) is 12.5. The molecule has 0 saturated carbocycles. The molecule has 2 amide bonds. The molecule has 5 nitrogen and oxygen atoms in total. The van der Waals surface area contributed by atoms with Crippen molar-refractivity contribution >= 4 is 46.6 Å². The molecule has 2 atom stereocenters. The number of thioether (sulfide) groups is 1. The number of halogens is 1. The number of hydrogen-bond acceptors (Lipinski definition) is 4. The Kier molecular flexibility index (Phi) is 4.82. The van der Waals surface area contributed by atoms with Gasteiger partial charge >= 0.3 is 0 Å². The topological polar surface area (TPSA) is 75.4 Å². The number of nitrogens with two attached hydrogens (primary N) is 1. The first-order valence-electron chi connectivity index (χ1n) is 7.49. The largest absolute Gasteiger partial charge is 0.399 e. The minimum atomic E-state index is -0.146. The van der Waals surface area contributed by atoms with Gasteiger partial charge in [0.25, 0.3) is 0 Å². The van der Waals surface area contributed by atoms with Crippen molar-refractivity contribution in [1.29, 1.82) is 0 Å². The summed E-state index contributed by atoms with van der Waals surface area (Å²) in [5.74, 6) is 0.188. The van der Waals surface area contributed by atoms with Crippen molar-refractivity contribution in [3.8, 4) is 0 Å². The van der Waals surface area contributed by atoms with Gasteiger partial charge in [-0.1, -0.05) is 17.7 Å². The molecule has 0 spiro atoms. The van der Waals surface area contributed by atoms with Crippen molar-refractivity contribution in [1.82, 2.24) is 5.32 Å². The number of nitrogens with zero attached hydrogens (tertiary/aromatic N) is 1. The van der Waals surface area contributed by atoms with Crippen LogP contribution in [-0.2, 0) is 9.59 Å². The van der Waals surface area contributed by atoms with Crippen molar-refractivity contribution in [3.05, 3.63) is 34.7 Å². The van der Waals surface area contributed by atoms with E-state index in [0.29, 0.717) is 36.0 Å². The second-order valence-corrected chi connectivity index (χ2v) is 7.64. The molecule has 0 aromatic heterocycles. The molecule has 1 fully saturated rings. The van der Waals surface area contributed by atoms with Gasteiger partial charge in [-0.25, -0.2) is 0 Å². The van der Waals surface area contributed by atoms with Crippen LogP contribution in [0.15, 0.2) is 34.7 Å². The van der Waals surface area contributed by atoms with Crippen LogP contribution in [0.3, 0.4) is 0 Å². The number of carbonyl (C=O) groups is 2. The number of hydrogen-bond donors (Lipinski definition) is 2. The number of nitrogen functional groups attached to an aromatic ring is 1. The highest BCUT2D eigenvalue weighted by molar-refractivity contribution is 8.06. The molecule has 2 heterocycles. The van der Waals surface area contributed by atoms with Gasteiger partial charge in [0.15, 0.2) is 0 Å². The van der Waals surface area contributed by atoms with Gasteiger partial charge in [-0.05, 0) is 30.7 Å². The van der Waals surface area contributed by atoms with Crippen LogP contribution in [0, 0.1) is 5.92 Å². The van der Waals surface area contributed by atoms with Gasteiger partial charge in [0.2, 0.25) is 11.8 Å². The Morgan fingerprint density at radius 1 is 1.39 bits per heavy atom. The van der Waals surface area contributed by atoms with Crippen LogP contribution in [0.25, 0.3) is 0 Å². The fourth-order valence-electron chi connectivity index (χ4n) is 2.77. The SMILES string of the molecule is Nc1ccc(N2CC(CNC(=O)C3CC=C(Cl)S3)CC2=O)cc1. The van der Waals surface area contributed by atoms with Gasteiger partial charge in [-0.15, -0.1) is 11.8 Å². The lowest BCUT2D eigenvalue weighted by Gasteiger charge is -2.17. The summed E-state index contributed by atoms with van der Waals surface area (Å²) in [6.45, 7) is 1.12. The van der Waals surface area contributed by atoms with Crippen LogP contribution >= 0.6 is 23.4 Å². The lowest BCUT2D eigenvalue weighted by atomic mass is 10.1. The minimum Gasteiger partial charge on any atom is -0.399 e. The summed E-state index contributed by atoms with van der Waals surface area (Å²) in [5.41, 5.74) is 7.19. The number of anilines is 2. The van der Waals surface area contributed by atoms with Crippen molar-refractivity contribution < 1.29 is 9.59 Å². The third-order valence-electron chi connectivity index (χ3n) is 4.01. The predicted octanol–water partition coefficient (Wildman–Crippen LogP) is 2.32. The van der Waals surface area contributed by atoms with Gasteiger partial charge in [0, 0.05) is 36.8 Å². The van der Waals surface area contributed by atoms with E-state index in [-0.39, 0.29) is 23.0 Å². The van der Waals surface area contributed by atoms with Gasteiger partial charge < -0.3 is 16.0 Å². The molecule has 3 N–H and O–H groups in total. The van der Waals surface area contributed by atoms with Crippen LogP contribution in [0.1, 0.15) is 12.8 Å².